The fourth-order valence-corrected chi connectivity index (χ4v) is 4.55. The monoisotopic (exact) mass is 236 g/mol. The Balaban J connectivity index is 1.60. The highest BCUT2D eigenvalue weighted by molar-refractivity contribution is 4.97. The Kier molecular flexibility index (Phi) is 2.99. The van der Waals surface area contributed by atoms with E-state index >= 15 is 0 Å². The summed E-state index contributed by atoms with van der Waals surface area (Å²) in [6, 6.07) is 1.56. The van der Waals surface area contributed by atoms with E-state index in [1.807, 2.05) is 0 Å². The fourth-order valence-electron chi connectivity index (χ4n) is 4.55. The van der Waals surface area contributed by atoms with Crippen molar-refractivity contribution in [1.29, 1.82) is 0 Å². The number of hydrogen-bond acceptors (Lipinski definition) is 2. The van der Waals surface area contributed by atoms with Crippen LogP contribution in [0.1, 0.15) is 46.5 Å². The third kappa shape index (κ3) is 2.39. The molecule has 3 unspecified atom stereocenters. The highest BCUT2D eigenvalue weighted by Crippen LogP contribution is 2.41. The molecular weight excluding hydrogens is 208 g/mol. The molecule has 0 spiro atoms. The van der Waals surface area contributed by atoms with Crippen LogP contribution in [0.3, 0.4) is 0 Å². The second-order valence-corrected chi connectivity index (χ2v) is 7.57. The molecule has 1 N–H and O–H groups in total. The van der Waals surface area contributed by atoms with Crippen molar-refractivity contribution in [1.82, 2.24) is 10.2 Å². The number of hydrogen-bond donors (Lipinski definition) is 1. The van der Waals surface area contributed by atoms with Gasteiger partial charge in [-0.15, -0.1) is 0 Å². The first-order chi connectivity index (χ1) is 8.03. The summed E-state index contributed by atoms with van der Waals surface area (Å²) in [4.78, 5) is 2.66. The molecule has 98 valence electrons. The topological polar surface area (TPSA) is 15.3 Å². The van der Waals surface area contributed by atoms with Gasteiger partial charge in [-0.3, -0.25) is 0 Å². The lowest BCUT2D eigenvalue weighted by Gasteiger charge is -2.46. The predicted molar refractivity (Wildman–Crippen MR) is 72.1 cm³/mol. The van der Waals surface area contributed by atoms with E-state index in [4.69, 9.17) is 0 Å². The third-order valence-electron chi connectivity index (χ3n) is 5.42. The summed E-state index contributed by atoms with van der Waals surface area (Å²) < 4.78 is 0. The number of rotatable bonds is 2. The molecule has 17 heavy (non-hydrogen) atoms. The zero-order valence-electron chi connectivity index (χ0n) is 11.7. The molecule has 0 radical (unpaired) electrons. The molecule has 2 heteroatoms. The van der Waals surface area contributed by atoms with E-state index in [0.717, 1.165) is 23.9 Å². The van der Waals surface area contributed by atoms with Crippen molar-refractivity contribution in [3.8, 4) is 0 Å². The van der Waals surface area contributed by atoms with Gasteiger partial charge in [0.1, 0.15) is 0 Å². The number of nitrogens with one attached hydrogen (secondary N) is 1. The summed E-state index contributed by atoms with van der Waals surface area (Å²) >= 11 is 0. The Morgan fingerprint density at radius 2 is 1.76 bits per heavy atom. The second kappa shape index (κ2) is 4.24. The van der Waals surface area contributed by atoms with Crippen LogP contribution in [0.25, 0.3) is 0 Å². The number of fused-ring (bicyclic) bond motifs is 3. The maximum Gasteiger partial charge on any atom is 0.0226 e. The molecule has 3 aliphatic heterocycles. The van der Waals surface area contributed by atoms with Gasteiger partial charge in [0.05, 0.1) is 0 Å². The normalized spacial score (nSPS) is 48.5. The van der Waals surface area contributed by atoms with E-state index in [0.29, 0.717) is 5.41 Å². The van der Waals surface area contributed by atoms with Crippen LogP contribution < -0.4 is 5.32 Å². The molecule has 3 heterocycles. The number of nitrogens with zero attached hydrogens (tertiary/aromatic N) is 1. The molecule has 2 bridgehead atoms. The highest BCUT2D eigenvalue weighted by atomic mass is 15.2. The molecule has 1 saturated carbocycles. The summed E-state index contributed by atoms with van der Waals surface area (Å²) in [7, 11) is 0. The first-order valence-corrected chi connectivity index (χ1v) is 7.52. The Hall–Kier alpha value is -0.0800. The molecule has 0 aromatic rings. The minimum Gasteiger partial charge on any atom is -0.309 e. The lowest BCUT2D eigenvalue weighted by atomic mass is 9.83. The summed E-state index contributed by atoms with van der Waals surface area (Å²) in [5.74, 6) is 1.83. The lowest BCUT2D eigenvalue weighted by Crippen LogP contribution is -2.58. The van der Waals surface area contributed by atoms with Gasteiger partial charge >= 0.3 is 0 Å². The van der Waals surface area contributed by atoms with E-state index in [-0.39, 0.29) is 0 Å². The molecule has 0 aromatic carbocycles. The quantitative estimate of drug-likeness (QED) is 0.792. The van der Waals surface area contributed by atoms with Crippen molar-refractivity contribution >= 4 is 0 Å². The Bertz CT molecular complexity index is 279. The zero-order chi connectivity index (χ0) is 12.0. The van der Waals surface area contributed by atoms with Crippen molar-refractivity contribution in [2.45, 2.75) is 58.5 Å². The third-order valence-corrected chi connectivity index (χ3v) is 5.42. The van der Waals surface area contributed by atoms with Crippen LogP contribution >= 0.6 is 0 Å². The van der Waals surface area contributed by atoms with E-state index in [1.54, 1.807) is 0 Å². The average molecular weight is 236 g/mol. The van der Waals surface area contributed by atoms with E-state index in [9.17, 15) is 0 Å². The van der Waals surface area contributed by atoms with Crippen LogP contribution in [-0.4, -0.2) is 36.6 Å². The van der Waals surface area contributed by atoms with Gasteiger partial charge in [-0.25, -0.2) is 0 Å². The summed E-state index contributed by atoms with van der Waals surface area (Å²) in [6.07, 6.45) is 5.63. The summed E-state index contributed by atoms with van der Waals surface area (Å²) in [5.41, 5.74) is 0.561. The lowest BCUT2D eigenvalue weighted by molar-refractivity contribution is 0.0643. The molecule has 4 fully saturated rings. The maximum atomic E-state index is 4.01. The first-order valence-electron chi connectivity index (χ1n) is 7.52. The van der Waals surface area contributed by atoms with Crippen LogP contribution in [0.5, 0.6) is 0 Å². The van der Waals surface area contributed by atoms with Crippen molar-refractivity contribution in [3.05, 3.63) is 0 Å². The van der Waals surface area contributed by atoms with Gasteiger partial charge in [-0.2, -0.15) is 0 Å². The fraction of sp³-hybridized carbons (Fsp3) is 1.00. The van der Waals surface area contributed by atoms with Crippen LogP contribution in [0.15, 0.2) is 0 Å². The molecule has 1 aliphatic carbocycles. The van der Waals surface area contributed by atoms with Gasteiger partial charge in [-0.05, 0) is 56.0 Å². The largest absolute Gasteiger partial charge is 0.309 e. The van der Waals surface area contributed by atoms with Gasteiger partial charge in [0.2, 0.25) is 0 Å². The van der Waals surface area contributed by atoms with Gasteiger partial charge in [-0.1, -0.05) is 20.8 Å². The maximum absolute atomic E-state index is 4.01. The average Bonchev–Trinajstić information content (AvgIpc) is 2.53. The van der Waals surface area contributed by atoms with Crippen LogP contribution in [-0.2, 0) is 0 Å². The zero-order valence-corrected chi connectivity index (χ0v) is 11.7. The predicted octanol–water partition coefficient (Wildman–Crippen LogP) is 2.49. The minimum atomic E-state index is 0.561. The van der Waals surface area contributed by atoms with E-state index < -0.39 is 0 Å². The van der Waals surface area contributed by atoms with Gasteiger partial charge in [0.15, 0.2) is 0 Å². The van der Waals surface area contributed by atoms with Crippen molar-refractivity contribution in [3.63, 3.8) is 0 Å². The second-order valence-electron chi connectivity index (χ2n) is 7.57. The minimum absolute atomic E-state index is 0.561. The van der Waals surface area contributed by atoms with Gasteiger partial charge in [0, 0.05) is 18.6 Å². The van der Waals surface area contributed by atoms with Crippen LogP contribution in [0.4, 0.5) is 0 Å². The molecule has 4 rings (SSSR count). The molecular formula is C15H28N2. The van der Waals surface area contributed by atoms with Crippen LogP contribution in [0.2, 0.25) is 0 Å². The van der Waals surface area contributed by atoms with Gasteiger partial charge in [0.25, 0.3) is 0 Å². The van der Waals surface area contributed by atoms with E-state index in [2.05, 4.69) is 31.0 Å². The van der Waals surface area contributed by atoms with E-state index in [1.165, 1.54) is 45.3 Å². The molecule has 2 nitrogen and oxygen atoms in total. The smallest absolute Gasteiger partial charge is 0.0226 e. The molecule has 0 aromatic heterocycles. The molecule has 3 saturated heterocycles. The standard InChI is InChI=1S/C15H28N2/c1-11-8-15(2,3)9-13(11)16-14-10-17-6-4-12(14)5-7-17/h11-14,16H,4-10H2,1-3H3. The summed E-state index contributed by atoms with van der Waals surface area (Å²) in [6.45, 7) is 11.3. The van der Waals surface area contributed by atoms with Crippen molar-refractivity contribution < 1.29 is 0 Å². The number of piperidine rings is 3. The first kappa shape index (κ1) is 12.0. The van der Waals surface area contributed by atoms with Crippen molar-refractivity contribution in [2.24, 2.45) is 17.3 Å². The Morgan fingerprint density at radius 1 is 1.06 bits per heavy atom. The summed E-state index contributed by atoms with van der Waals surface area (Å²) in [5, 5.41) is 4.01. The van der Waals surface area contributed by atoms with Gasteiger partial charge < -0.3 is 10.2 Å². The molecule has 3 atom stereocenters. The molecule has 4 aliphatic rings. The Labute approximate surface area is 106 Å². The highest BCUT2D eigenvalue weighted by Gasteiger charge is 2.40. The van der Waals surface area contributed by atoms with Crippen molar-refractivity contribution in [2.75, 3.05) is 19.6 Å². The SMILES string of the molecule is CC1CC(C)(C)CC1NC1CN2CCC1CC2. The van der Waals surface area contributed by atoms with Crippen LogP contribution in [0, 0.1) is 17.3 Å². The molecule has 0 amide bonds. The Morgan fingerprint density at radius 3 is 2.24 bits per heavy atom.